The number of carbonyl (C=O) groups is 1. The molecule has 3 aromatic rings. The number of fused-ring (bicyclic) bond motifs is 1. The SMILES string of the molecule is O=C(Cc1nn[nH]n1)Nc1cccc2ccccc12. The van der Waals surface area contributed by atoms with Crippen molar-refractivity contribution in [2.45, 2.75) is 6.42 Å². The standard InChI is InChI=1S/C13H11N5O/c19-13(8-12-15-17-18-16-12)14-11-7-3-5-9-4-1-2-6-10(9)11/h1-7H,8H2,(H,14,19)(H,15,16,17,18). The Kier molecular flexibility index (Phi) is 2.89. The van der Waals surface area contributed by atoms with Gasteiger partial charge in [0.15, 0.2) is 5.82 Å². The molecule has 0 fully saturated rings. The lowest BCUT2D eigenvalue weighted by atomic mass is 10.1. The first-order valence-corrected chi connectivity index (χ1v) is 5.83. The number of amides is 1. The summed E-state index contributed by atoms with van der Waals surface area (Å²) < 4.78 is 0. The zero-order valence-electron chi connectivity index (χ0n) is 10.00. The molecule has 3 rings (SSSR count). The highest BCUT2D eigenvalue weighted by atomic mass is 16.1. The van der Waals surface area contributed by atoms with E-state index in [-0.39, 0.29) is 12.3 Å². The summed E-state index contributed by atoms with van der Waals surface area (Å²) >= 11 is 0. The maximum absolute atomic E-state index is 11.9. The first-order chi connectivity index (χ1) is 9.33. The van der Waals surface area contributed by atoms with Gasteiger partial charge in [-0.25, -0.2) is 0 Å². The molecule has 1 heterocycles. The average molecular weight is 253 g/mol. The number of rotatable bonds is 3. The number of H-pyrrole nitrogens is 1. The second kappa shape index (κ2) is 4.85. The number of carbonyl (C=O) groups excluding carboxylic acids is 1. The third-order valence-electron chi connectivity index (χ3n) is 2.77. The summed E-state index contributed by atoms with van der Waals surface area (Å²) in [6.45, 7) is 0. The molecule has 0 spiro atoms. The molecule has 94 valence electrons. The van der Waals surface area contributed by atoms with E-state index in [4.69, 9.17) is 0 Å². The summed E-state index contributed by atoms with van der Waals surface area (Å²) in [5.41, 5.74) is 0.784. The fourth-order valence-corrected chi connectivity index (χ4v) is 1.93. The molecule has 0 aliphatic rings. The maximum atomic E-state index is 11.9. The molecule has 0 unspecified atom stereocenters. The molecule has 2 N–H and O–H groups in total. The first kappa shape index (κ1) is 11.3. The Morgan fingerprint density at radius 3 is 2.84 bits per heavy atom. The van der Waals surface area contributed by atoms with Gasteiger partial charge < -0.3 is 5.32 Å². The van der Waals surface area contributed by atoms with Crippen molar-refractivity contribution in [3.63, 3.8) is 0 Å². The van der Waals surface area contributed by atoms with Gasteiger partial charge in [0.1, 0.15) is 0 Å². The summed E-state index contributed by atoms with van der Waals surface area (Å²) in [4.78, 5) is 11.9. The normalized spacial score (nSPS) is 10.5. The first-order valence-electron chi connectivity index (χ1n) is 5.83. The number of aromatic nitrogens is 4. The highest BCUT2D eigenvalue weighted by molar-refractivity contribution is 6.02. The van der Waals surface area contributed by atoms with E-state index in [1.165, 1.54) is 0 Å². The van der Waals surface area contributed by atoms with Gasteiger partial charge in [-0.3, -0.25) is 4.79 Å². The molecule has 0 aliphatic carbocycles. The van der Waals surface area contributed by atoms with E-state index in [1.54, 1.807) is 0 Å². The molecule has 0 saturated carbocycles. The molecule has 0 bridgehead atoms. The molecular formula is C13H11N5O. The van der Waals surface area contributed by atoms with Gasteiger partial charge in [-0.1, -0.05) is 41.6 Å². The number of nitrogens with zero attached hydrogens (tertiary/aromatic N) is 3. The Morgan fingerprint density at radius 1 is 1.16 bits per heavy atom. The van der Waals surface area contributed by atoms with E-state index in [9.17, 15) is 4.79 Å². The largest absolute Gasteiger partial charge is 0.325 e. The Bertz CT molecular complexity index is 703. The molecule has 0 radical (unpaired) electrons. The second-order valence-electron chi connectivity index (χ2n) is 4.08. The van der Waals surface area contributed by atoms with Crippen molar-refractivity contribution in [1.82, 2.24) is 20.6 Å². The van der Waals surface area contributed by atoms with Crippen molar-refractivity contribution in [2.24, 2.45) is 0 Å². The number of aromatic amines is 1. The summed E-state index contributed by atoms with van der Waals surface area (Å²) in [7, 11) is 0. The van der Waals surface area contributed by atoms with Crippen LogP contribution < -0.4 is 5.32 Å². The van der Waals surface area contributed by atoms with Crippen molar-refractivity contribution >= 4 is 22.4 Å². The molecule has 0 aliphatic heterocycles. The van der Waals surface area contributed by atoms with Crippen LogP contribution in [0.25, 0.3) is 10.8 Å². The molecule has 1 aromatic heterocycles. The van der Waals surface area contributed by atoms with E-state index in [0.29, 0.717) is 5.82 Å². The lowest BCUT2D eigenvalue weighted by Crippen LogP contribution is -2.15. The molecule has 0 atom stereocenters. The van der Waals surface area contributed by atoms with E-state index in [1.807, 2.05) is 42.5 Å². The number of nitrogens with one attached hydrogen (secondary N) is 2. The van der Waals surface area contributed by atoms with Crippen LogP contribution in [0, 0.1) is 0 Å². The highest BCUT2D eigenvalue weighted by Gasteiger charge is 2.09. The topological polar surface area (TPSA) is 83.6 Å². The minimum Gasteiger partial charge on any atom is -0.325 e. The van der Waals surface area contributed by atoms with E-state index < -0.39 is 0 Å². The van der Waals surface area contributed by atoms with Crippen molar-refractivity contribution in [1.29, 1.82) is 0 Å². The Balaban J connectivity index is 1.83. The average Bonchev–Trinajstić information content (AvgIpc) is 2.92. The summed E-state index contributed by atoms with van der Waals surface area (Å²) in [6, 6.07) is 13.7. The Labute approximate surface area is 108 Å². The molecule has 19 heavy (non-hydrogen) atoms. The van der Waals surface area contributed by atoms with E-state index in [2.05, 4.69) is 25.9 Å². The van der Waals surface area contributed by atoms with Crippen molar-refractivity contribution in [3.8, 4) is 0 Å². The van der Waals surface area contributed by atoms with Crippen LogP contribution in [0.15, 0.2) is 42.5 Å². The van der Waals surface area contributed by atoms with Gasteiger partial charge in [0.2, 0.25) is 5.91 Å². The highest BCUT2D eigenvalue weighted by Crippen LogP contribution is 2.22. The van der Waals surface area contributed by atoms with Crippen LogP contribution >= 0.6 is 0 Å². The predicted molar refractivity (Wildman–Crippen MR) is 70.5 cm³/mol. The van der Waals surface area contributed by atoms with Gasteiger partial charge in [-0.15, -0.1) is 10.2 Å². The van der Waals surface area contributed by atoms with Gasteiger partial charge in [0, 0.05) is 11.1 Å². The van der Waals surface area contributed by atoms with E-state index >= 15 is 0 Å². The lowest BCUT2D eigenvalue weighted by Gasteiger charge is -2.07. The van der Waals surface area contributed by atoms with Gasteiger partial charge in [0.05, 0.1) is 6.42 Å². The van der Waals surface area contributed by atoms with Gasteiger partial charge >= 0.3 is 0 Å². The quantitative estimate of drug-likeness (QED) is 0.741. The van der Waals surface area contributed by atoms with Crippen LogP contribution in [-0.2, 0) is 11.2 Å². The predicted octanol–water partition coefficient (Wildman–Crippen LogP) is 1.53. The van der Waals surface area contributed by atoms with E-state index in [0.717, 1.165) is 16.5 Å². The van der Waals surface area contributed by atoms with Gasteiger partial charge in [-0.05, 0) is 11.5 Å². The van der Waals surface area contributed by atoms with Crippen LogP contribution in [0.3, 0.4) is 0 Å². The fourth-order valence-electron chi connectivity index (χ4n) is 1.93. The summed E-state index contributed by atoms with van der Waals surface area (Å²) in [6.07, 6.45) is 0.0969. The maximum Gasteiger partial charge on any atom is 0.232 e. The number of tetrazole rings is 1. The number of benzene rings is 2. The fraction of sp³-hybridized carbons (Fsp3) is 0.0769. The second-order valence-corrected chi connectivity index (χ2v) is 4.08. The van der Waals surface area contributed by atoms with Gasteiger partial charge in [-0.2, -0.15) is 5.21 Å². The zero-order valence-corrected chi connectivity index (χ0v) is 10.00. The molecular weight excluding hydrogens is 242 g/mol. The Morgan fingerprint density at radius 2 is 2.00 bits per heavy atom. The monoisotopic (exact) mass is 253 g/mol. The van der Waals surface area contributed by atoms with Crippen molar-refractivity contribution in [3.05, 3.63) is 48.3 Å². The lowest BCUT2D eigenvalue weighted by molar-refractivity contribution is -0.115. The van der Waals surface area contributed by atoms with Crippen molar-refractivity contribution in [2.75, 3.05) is 5.32 Å². The van der Waals surface area contributed by atoms with Crippen LogP contribution in [0.4, 0.5) is 5.69 Å². The molecule has 1 amide bonds. The molecule has 6 nitrogen and oxygen atoms in total. The zero-order chi connectivity index (χ0) is 13.1. The van der Waals surface area contributed by atoms with Crippen LogP contribution in [0.2, 0.25) is 0 Å². The third kappa shape index (κ3) is 2.42. The Hall–Kier alpha value is -2.76. The number of anilines is 1. The molecule has 2 aromatic carbocycles. The van der Waals surface area contributed by atoms with Crippen LogP contribution in [-0.4, -0.2) is 26.5 Å². The summed E-state index contributed by atoms with van der Waals surface area (Å²) in [5, 5.41) is 18.2. The smallest absolute Gasteiger partial charge is 0.232 e. The molecule has 6 heteroatoms. The molecule has 0 saturated heterocycles. The van der Waals surface area contributed by atoms with Gasteiger partial charge in [0.25, 0.3) is 0 Å². The summed E-state index contributed by atoms with van der Waals surface area (Å²) in [5.74, 6) is 0.204. The minimum atomic E-state index is -0.169. The minimum absolute atomic E-state index is 0.0969. The van der Waals surface area contributed by atoms with Crippen molar-refractivity contribution < 1.29 is 4.79 Å². The third-order valence-corrected chi connectivity index (χ3v) is 2.77. The van der Waals surface area contributed by atoms with Crippen LogP contribution in [0.5, 0.6) is 0 Å². The number of hydrogen-bond donors (Lipinski definition) is 2. The number of hydrogen-bond acceptors (Lipinski definition) is 4. The van der Waals surface area contributed by atoms with Crippen LogP contribution in [0.1, 0.15) is 5.82 Å².